The van der Waals surface area contributed by atoms with E-state index in [1.807, 2.05) is 54.6 Å². The van der Waals surface area contributed by atoms with E-state index in [0.717, 1.165) is 21.2 Å². The summed E-state index contributed by atoms with van der Waals surface area (Å²) < 4.78 is 0. The van der Waals surface area contributed by atoms with Crippen molar-refractivity contribution in [1.82, 2.24) is 4.98 Å². The summed E-state index contributed by atoms with van der Waals surface area (Å²) in [4.78, 5) is 19.5. The van der Waals surface area contributed by atoms with Gasteiger partial charge >= 0.3 is 0 Å². The van der Waals surface area contributed by atoms with E-state index in [0.29, 0.717) is 16.8 Å². The number of nitrogens with zero attached hydrogens (tertiary/aromatic N) is 2. The van der Waals surface area contributed by atoms with Gasteiger partial charge in [0.05, 0.1) is 23.1 Å². The lowest BCUT2D eigenvalue weighted by molar-refractivity contribution is 0.0999. The third-order valence-corrected chi connectivity index (χ3v) is 5.41. The first-order valence-electron chi connectivity index (χ1n) is 8.46. The number of carbonyl (C=O) groups excluding carboxylic acids is 1. The van der Waals surface area contributed by atoms with Crippen LogP contribution in [0.5, 0.6) is 0 Å². The summed E-state index contributed by atoms with van der Waals surface area (Å²) in [5.41, 5.74) is 3.69. The van der Waals surface area contributed by atoms with Gasteiger partial charge in [-0.05, 0) is 42.0 Å². The molecule has 3 aromatic rings. The van der Waals surface area contributed by atoms with Gasteiger partial charge in [-0.2, -0.15) is 5.26 Å². The van der Waals surface area contributed by atoms with Crippen molar-refractivity contribution >= 4 is 34.5 Å². The fraction of sp³-hybridized carbons (Fsp3) is 0.0455. The number of Topliss-reactive ketones (excluding diaryl/α,β-unsaturated/α-hetero) is 1. The fourth-order valence-electron chi connectivity index (χ4n) is 3.00. The predicted molar refractivity (Wildman–Crippen MR) is 107 cm³/mol. The van der Waals surface area contributed by atoms with E-state index >= 15 is 0 Å². The Hall–Kier alpha value is -3.36. The molecule has 1 aromatic heterocycles. The number of anilines is 2. The highest BCUT2D eigenvalue weighted by molar-refractivity contribution is 7.99. The fourth-order valence-corrected chi connectivity index (χ4v) is 4.03. The van der Waals surface area contributed by atoms with Crippen LogP contribution in [-0.2, 0) is 0 Å². The van der Waals surface area contributed by atoms with E-state index in [2.05, 4.69) is 16.4 Å². The minimum absolute atomic E-state index is 0.0496. The van der Waals surface area contributed by atoms with Crippen LogP contribution in [0.1, 0.15) is 22.5 Å². The van der Waals surface area contributed by atoms with E-state index in [4.69, 9.17) is 5.26 Å². The Bertz CT molecular complexity index is 1080. The number of hydrogen-bond acceptors (Lipinski definition) is 5. The van der Waals surface area contributed by atoms with Gasteiger partial charge in [0.15, 0.2) is 5.78 Å². The van der Waals surface area contributed by atoms with Crippen LogP contribution < -0.4 is 5.32 Å². The molecule has 2 aromatic carbocycles. The molecule has 0 aliphatic carbocycles. The Labute approximate surface area is 161 Å². The molecule has 2 heterocycles. The Balaban J connectivity index is 1.66. The van der Waals surface area contributed by atoms with Gasteiger partial charge in [0.25, 0.3) is 0 Å². The average molecular weight is 369 g/mol. The SMILES string of the molecule is N#CC=C(CC(=O)c1cccc2c1Nc1ccccc1S2)c1ccccn1. The summed E-state index contributed by atoms with van der Waals surface area (Å²) in [6.07, 6.45) is 3.17. The van der Waals surface area contributed by atoms with Crippen LogP contribution >= 0.6 is 11.8 Å². The third-order valence-electron chi connectivity index (χ3n) is 4.28. The lowest BCUT2D eigenvalue weighted by Crippen LogP contribution is -2.09. The summed E-state index contributed by atoms with van der Waals surface area (Å²) in [5, 5.41) is 12.5. The van der Waals surface area contributed by atoms with Crippen LogP contribution in [0.25, 0.3) is 5.57 Å². The molecule has 27 heavy (non-hydrogen) atoms. The first-order chi connectivity index (χ1) is 13.3. The van der Waals surface area contributed by atoms with Gasteiger partial charge in [-0.25, -0.2) is 0 Å². The van der Waals surface area contributed by atoms with Gasteiger partial charge in [-0.1, -0.05) is 36.0 Å². The Morgan fingerprint density at radius 3 is 2.70 bits per heavy atom. The minimum atomic E-state index is -0.0496. The van der Waals surface area contributed by atoms with Crippen LogP contribution in [0.2, 0.25) is 0 Å². The van der Waals surface area contributed by atoms with Gasteiger partial charge in [0.1, 0.15) is 0 Å². The number of ketones is 1. The van der Waals surface area contributed by atoms with Crippen LogP contribution in [0.3, 0.4) is 0 Å². The molecule has 1 aliphatic heterocycles. The second-order valence-electron chi connectivity index (χ2n) is 6.02. The number of nitrogens with one attached hydrogen (secondary N) is 1. The van der Waals surface area contributed by atoms with E-state index in [9.17, 15) is 4.79 Å². The molecule has 1 N–H and O–H groups in total. The number of pyridine rings is 1. The molecular formula is C22H15N3OS. The van der Waals surface area contributed by atoms with Crippen molar-refractivity contribution in [2.45, 2.75) is 16.2 Å². The molecule has 130 valence electrons. The predicted octanol–water partition coefficient (Wildman–Crippen LogP) is 5.47. The van der Waals surface area contributed by atoms with Crippen LogP contribution in [0.15, 0.2) is 82.7 Å². The molecule has 1 aliphatic rings. The highest BCUT2D eigenvalue weighted by Crippen LogP contribution is 2.45. The number of allylic oxidation sites excluding steroid dienone is 2. The van der Waals surface area contributed by atoms with Gasteiger partial charge in [-0.15, -0.1) is 0 Å². The van der Waals surface area contributed by atoms with Crippen molar-refractivity contribution in [1.29, 1.82) is 5.26 Å². The number of para-hydroxylation sites is 2. The second kappa shape index (κ2) is 7.48. The van der Waals surface area contributed by atoms with E-state index in [1.54, 1.807) is 24.0 Å². The maximum atomic E-state index is 13.1. The molecule has 4 rings (SSSR count). The minimum Gasteiger partial charge on any atom is -0.353 e. The molecule has 0 radical (unpaired) electrons. The summed E-state index contributed by atoms with van der Waals surface area (Å²) in [7, 11) is 0. The van der Waals surface area contributed by atoms with Crippen LogP contribution in [0.4, 0.5) is 11.4 Å². The molecule has 0 unspecified atom stereocenters. The lowest BCUT2D eigenvalue weighted by Gasteiger charge is -2.22. The quantitative estimate of drug-likeness (QED) is 0.382. The summed E-state index contributed by atoms with van der Waals surface area (Å²) >= 11 is 1.65. The number of rotatable bonds is 4. The molecule has 0 amide bonds. The summed E-state index contributed by atoms with van der Waals surface area (Å²) in [5.74, 6) is -0.0496. The Morgan fingerprint density at radius 1 is 1.07 bits per heavy atom. The zero-order valence-electron chi connectivity index (χ0n) is 14.3. The number of aromatic nitrogens is 1. The van der Waals surface area contributed by atoms with Crippen LogP contribution in [-0.4, -0.2) is 10.8 Å². The normalized spacial score (nSPS) is 12.3. The van der Waals surface area contributed by atoms with Crippen LogP contribution in [0, 0.1) is 11.3 Å². The van der Waals surface area contributed by atoms with Crippen molar-refractivity contribution in [2.75, 3.05) is 5.32 Å². The van der Waals surface area contributed by atoms with Crippen molar-refractivity contribution in [3.63, 3.8) is 0 Å². The first kappa shape index (κ1) is 17.1. The van der Waals surface area contributed by atoms with Crippen molar-refractivity contribution < 1.29 is 4.79 Å². The largest absolute Gasteiger partial charge is 0.353 e. The average Bonchev–Trinajstić information content (AvgIpc) is 2.72. The number of nitriles is 1. The monoisotopic (exact) mass is 369 g/mol. The maximum Gasteiger partial charge on any atom is 0.169 e. The number of benzene rings is 2. The summed E-state index contributed by atoms with van der Waals surface area (Å²) in [6, 6.07) is 21.2. The maximum absolute atomic E-state index is 13.1. The number of hydrogen-bond donors (Lipinski definition) is 1. The molecule has 4 nitrogen and oxygen atoms in total. The van der Waals surface area contributed by atoms with E-state index in [1.165, 1.54) is 6.08 Å². The molecule has 0 atom stereocenters. The molecule has 0 spiro atoms. The second-order valence-corrected chi connectivity index (χ2v) is 7.10. The molecule has 0 fully saturated rings. The van der Waals surface area contributed by atoms with Gasteiger partial charge in [0, 0.05) is 34.0 Å². The Morgan fingerprint density at radius 2 is 1.89 bits per heavy atom. The molecule has 0 saturated carbocycles. The number of fused-ring (bicyclic) bond motifs is 2. The molecular weight excluding hydrogens is 354 g/mol. The lowest BCUT2D eigenvalue weighted by atomic mass is 9.98. The van der Waals surface area contributed by atoms with Gasteiger partial charge in [-0.3, -0.25) is 9.78 Å². The first-order valence-corrected chi connectivity index (χ1v) is 9.28. The highest BCUT2D eigenvalue weighted by atomic mass is 32.2. The summed E-state index contributed by atoms with van der Waals surface area (Å²) in [6.45, 7) is 0. The third kappa shape index (κ3) is 3.48. The molecule has 0 saturated heterocycles. The van der Waals surface area contributed by atoms with Gasteiger partial charge in [0.2, 0.25) is 0 Å². The van der Waals surface area contributed by atoms with Gasteiger partial charge < -0.3 is 5.32 Å². The Kier molecular flexibility index (Phi) is 4.73. The smallest absolute Gasteiger partial charge is 0.169 e. The van der Waals surface area contributed by atoms with E-state index in [-0.39, 0.29) is 12.2 Å². The van der Waals surface area contributed by atoms with E-state index < -0.39 is 0 Å². The topological polar surface area (TPSA) is 65.8 Å². The zero-order chi connectivity index (χ0) is 18.6. The number of carbonyl (C=O) groups is 1. The molecule has 0 bridgehead atoms. The molecule has 5 heteroatoms. The van der Waals surface area contributed by atoms with Crippen molar-refractivity contribution in [3.8, 4) is 6.07 Å². The van der Waals surface area contributed by atoms with Crippen molar-refractivity contribution in [2.24, 2.45) is 0 Å². The zero-order valence-corrected chi connectivity index (χ0v) is 15.2. The standard InChI is InChI=1S/C22H15N3OS/c23-12-11-15(17-7-3-4-13-24-17)14-19(26)16-6-5-10-21-22(16)25-18-8-1-2-9-20(18)27-21/h1-11,13,25H,14H2. The highest BCUT2D eigenvalue weighted by Gasteiger charge is 2.22. The van der Waals surface area contributed by atoms with Crippen molar-refractivity contribution in [3.05, 3.63) is 84.2 Å².